The van der Waals surface area contributed by atoms with E-state index >= 15 is 0 Å². The maximum absolute atomic E-state index is 11.3. The number of amides is 1. The molecule has 0 bridgehead atoms. The Morgan fingerprint density at radius 1 is 1.60 bits per heavy atom. The standard InChI is InChI=1S/C10H14N4O/c11-9-5-8(3-4-12-9)13-6-10(15)14-7-1-2-7/h3-5,7H,1-2,6H2,(H,14,15)(H3,11,12,13). The summed E-state index contributed by atoms with van der Waals surface area (Å²) in [6.07, 6.45) is 3.82. The molecule has 0 atom stereocenters. The Hall–Kier alpha value is -1.78. The zero-order valence-electron chi connectivity index (χ0n) is 8.36. The third-order valence-corrected chi connectivity index (χ3v) is 2.18. The third kappa shape index (κ3) is 3.12. The van der Waals surface area contributed by atoms with Crippen LogP contribution in [0.1, 0.15) is 12.8 Å². The first-order valence-corrected chi connectivity index (χ1v) is 4.99. The lowest BCUT2D eigenvalue weighted by Gasteiger charge is -2.06. The minimum Gasteiger partial charge on any atom is -0.384 e. The number of hydrogen-bond acceptors (Lipinski definition) is 4. The summed E-state index contributed by atoms with van der Waals surface area (Å²) in [4.78, 5) is 15.2. The summed E-state index contributed by atoms with van der Waals surface area (Å²) in [6, 6.07) is 3.88. The van der Waals surface area contributed by atoms with Gasteiger partial charge in [0.1, 0.15) is 5.82 Å². The van der Waals surface area contributed by atoms with Crippen LogP contribution in [0.3, 0.4) is 0 Å². The fourth-order valence-corrected chi connectivity index (χ4v) is 1.25. The molecule has 1 aliphatic carbocycles. The van der Waals surface area contributed by atoms with E-state index in [1.165, 1.54) is 0 Å². The van der Waals surface area contributed by atoms with Crippen LogP contribution in [0.2, 0.25) is 0 Å². The van der Waals surface area contributed by atoms with Crippen LogP contribution in [0.5, 0.6) is 0 Å². The fourth-order valence-electron chi connectivity index (χ4n) is 1.25. The highest BCUT2D eigenvalue weighted by atomic mass is 16.2. The van der Waals surface area contributed by atoms with Gasteiger partial charge in [0.2, 0.25) is 5.91 Å². The topological polar surface area (TPSA) is 80.0 Å². The highest BCUT2D eigenvalue weighted by Gasteiger charge is 2.22. The van der Waals surface area contributed by atoms with E-state index in [2.05, 4.69) is 15.6 Å². The Balaban J connectivity index is 1.78. The Labute approximate surface area is 88.1 Å². The molecule has 1 fully saturated rings. The van der Waals surface area contributed by atoms with Gasteiger partial charge >= 0.3 is 0 Å². The van der Waals surface area contributed by atoms with Crippen LogP contribution >= 0.6 is 0 Å². The molecule has 0 radical (unpaired) electrons. The van der Waals surface area contributed by atoms with Crippen LogP contribution in [0.4, 0.5) is 11.5 Å². The number of anilines is 2. The molecule has 1 amide bonds. The minimum atomic E-state index is 0.0212. The van der Waals surface area contributed by atoms with Gasteiger partial charge in [0.15, 0.2) is 0 Å². The van der Waals surface area contributed by atoms with E-state index in [0.717, 1.165) is 18.5 Å². The van der Waals surface area contributed by atoms with Crippen LogP contribution < -0.4 is 16.4 Å². The molecule has 1 aliphatic rings. The van der Waals surface area contributed by atoms with Gasteiger partial charge in [-0.25, -0.2) is 4.98 Å². The van der Waals surface area contributed by atoms with Gasteiger partial charge in [0, 0.05) is 24.0 Å². The first kappa shape index (κ1) is 9.76. The smallest absolute Gasteiger partial charge is 0.239 e. The van der Waals surface area contributed by atoms with Crippen LogP contribution in [0, 0.1) is 0 Å². The van der Waals surface area contributed by atoms with Crippen molar-refractivity contribution >= 4 is 17.4 Å². The number of carbonyl (C=O) groups is 1. The molecular weight excluding hydrogens is 192 g/mol. The molecule has 0 aromatic carbocycles. The molecule has 0 spiro atoms. The van der Waals surface area contributed by atoms with Gasteiger partial charge in [0.25, 0.3) is 0 Å². The van der Waals surface area contributed by atoms with E-state index in [0.29, 0.717) is 11.9 Å². The van der Waals surface area contributed by atoms with Gasteiger partial charge in [-0.1, -0.05) is 0 Å². The molecule has 80 valence electrons. The molecule has 1 heterocycles. The van der Waals surface area contributed by atoms with Crippen LogP contribution in [-0.4, -0.2) is 23.5 Å². The first-order chi connectivity index (χ1) is 7.24. The second-order valence-corrected chi connectivity index (χ2v) is 3.66. The predicted octanol–water partition coefficient (Wildman–Crippen LogP) is 0.354. The second-order valence-electron chi connectivity index (χ2n) is 3.66. The zero-order valence-corrected chi connectivity index (χ0v) is 8.36. The quantitative estimate of drug-likeness (QED) is 0.664. The van der Waals surface area contributed by atoms with Gasteiger partial charge in [-0.2, -0.15) is 0 Å². The van der Waals surface area contributed by atoms with E-state index in [4.69, 9.17) is 5.73 Å². The van der Waals surface area contributed by atoms with Crippen molar-refractivity contribution in [3.63, 3.8) is 0 Å². The maximum Gasteiger partial charge on any atom is 0.239 e. The summed E-state index contributed by atoms with van der Waals surface area (Å²) in [6.45, 7) is 0.278. The number of pyridine rings is 1. The third-order valence-electron chi connectivity index (χ3n) is 2.18. The molecule has 5 heteroatoms. The number of nitrogens with two attached hydrogens (primary N) is 1. The maximum atomic E-state index is 11.3. The van der Waals surface area contributed by atoms with Crippen molar-refractivity contribution in [3.8, 4) is 0 Å². The van der Waals surface area contributed by atoms with E-state index in [-0.39, 0.29) is 12.5 Å². The lowest BCUT2D eigenvalue weighted by atomic mass is 10.4. The van der Waals surface area contributed by atoms with Gasteiger partial charge in [0.05, 0.1) is 6.54 Å². The summed E-state index contributed by atoms with van der Waals surface area (Å²) in [5, 5.41) is 5.88. The van der Waals surface area contributed by atoms with Crippen LogP contribution in [0.15, 0.2) is 18.3 Å². The summed E-state index contributed by atoms with van der Waals surface area (Å²) < 4.78 is 0. The van der Waals surface area contributed by atoms with Gasteiger partial charge < -0.3 is 16.4 Å². The molecule has 5 nitrogen and oxygen atoms in total. The van der Waals surface area contributed by atoms with Crippen molar-refractivity contribution in [2.24, 2.45) is 0 Å². The number of nitrogens with one attached hydrogen (secondary N) is 2. The van der Waals surface area contributed by atoms with Crippen molar-refractivity contribution < 1.29 is 4.79 Å². The average molecular weight is 206 g/mol. The number of aromatic nitrogens is 1. The number of nitrogens with zero attached hydrogens (tertiary/aromatic N) is 1. The molecule has 4 N–H and O–H groups in total. The summed E-state index contributed by atoms with van der Waals surface area (Å²) >= 11 is 0. The van der Waals surface area contributed by atoms with Crippen LogP contribution in [0.25, 0.3) is 0 Å². The Bertz CT molecular complexity index is 362. The molecule has 1 saturated carbocycles. The normalized spacial score (nSPS) is 14.7. The molecule has 1 aromatic rings. The van der Waals surface area contributed by atoms with Gasteiger partial charge in [-0.3, -0.25) is 4.79 Å². The van der Waals surface area contributed by atoms with Gasteiger partial charge in [-0.15, -0.1) is 0 Å². The summed E-state index contributed by atoms with van der Waals surface area (Å²) in [5.41, 5.74) is 6.32. The largest absolute Gasteiger partial charge is 0.384 e. The minimum absolute atomic E-state index is 0.0212. The van der Waals surface area contributed by atoms with E-state index in [1.54, 1.807) is 18.3 Å². The Kier molecular flexibility index (Phi) is 2.71. The highest BCUT2D eigenvalue weighted by Crippen LogP contribution is 2.18. The molecule has 0 aliphatic heterocycles. The molecule has 15 heavy (non-hydrogen) atoms. The molecular formula is C10H14N4O. The average Bonchev–Trinajstić information content (AvgIpc) is 2.99. The van der Waals surface area contributed by atoms with Crippen molar-refractivity contribution in [3.05, 3.63) is 18.3 Å². The summed E-state index contributed by atoms with van der Waals surface area (Å²) in [5.74, 6) is 0.468. The van der Waals surface area contributed by atoms with Crippen molar-refractivity contribution in [1.82, 2.24) is 10.3 Å². The Morgan fingerprint density at radius 2 is 2.40 bits per heavy atom. The van der Waals surface area contributed by atoms with Crippen LogP contribution in [-0.2, 0) is 4.79 Å². The van der Waals surface area contributed by atoms with E-state index in [9.17, 15) is 4.79 Å². The fraction of sp³-hybridized carbons (Fsp3) is 0.400. The zero-order chi connectivity index (χ0) is 10.7. The summed E-state index contributed by atoms with van der Waals surface area (Å²) in [7, 11) is 0. The monoisotopic (exact) mass is 206 g/mol. The SMILES string of the molecule is Nc1cc(NCC(=O)NC2CC2)ccn1. The lowest BCUT2D eigenvalue weighted by Crippen LogP contribution is -2.31. The number of nitrogen functional groups attached to an aromatic ring is 1. The van der Waals surface area contributed by atoms with Crippen molar-refractivity contribution in [2.45, 2.75) is 18.9 Å². The molecule has 0 saturated heterocycles. The predicted molar refractivity (Wildman–Crippen MR) is 58.3 cm³/mol. The number of hydrogen-bond donors (Lipinski definition) is 3. The highest BCUT2D eigenvalue weighted by molar-refractivity contribution is 5.81. The lowest BCUT2D eigenvalue weighted by molar-refractivity contribution is -0.119. The second kappa shape index (κ2) is 4.16. The number of rotatable bonds is 4. The van der Waals surface area contributed by atoms with E-state index < -0.39 is 0 Å². The molecule has 0 unspecified atom stereocenters. The van der Waals surface area contributed by atoms with Crippen molar-refractivity contribution in [2.75, 3.05) is 17.6 Å². The first-order valence-electron chi connectivity index (χ1n) is 4.99. The van der Waals surface area contributed by atoms with Crippen molar-refractivity contribution in [1.29, 1.82) is 0 Å². The molecule has 1 aromatic heterocycles. The van der Waals surface area contributed by atoms with E-state index in [1.807, 2.05) is 0 Å². The number of carbonyl (C=O) groups excluding carboxylic acids is 1. The Morgan fingerprint density at radius 3 is 3.07 bits per heavy atom. The van der Waals surface area contributed by atoms with Gasteiger partial charge in [-0.05, 0) is 18.9 Å². The molecule has 2 rings (SSSR count).